The van der Waals surface area contributed by atoms with E-state index in [0.29, 0.717) is 5.25 Å². The SMILES string of the molecule is NNC(c1ccc(Cl)s1)C1CSCCS1. The van der Waals surface area contributed by atoms with E-state index in [4.69, 9.17) is 17.4 Å². The minimum atomic E-state index is 0.236. The average Bonchev–Trinajstić information content (AvgIpc) is 2.68. The molecule has 2 nitrogen and oxygen atoms in total. The minimum Gasteiger partial charge on any atom is -0.271 e. The largest absolute Gasteiger partial charge is 0.271 e. The Labute approximate surface area is 107 Å². The number of hydrazine groups is 1. The Morgan fingerprint density at radius 2 is 2.33 bits per heavy atom. The van der Waals surface area contributed by atoms with E-state index in [-0.39, 0.29) is 6.04 Å². The van der Waals surface area contributed by atoms with Gasteiger partial charge >= 0.3 is 0 Å². The van der Waals surface area contributed by atoms with Crippen LogP contribution in [0.25, 0.3) is 0 Å². The summed E-state index contributed by atoms with van der Waals surface area (Å²) in [4.78, 5) is 1.24. The van der Waals surface area contributed by atoms with Crippen LogP contribution in [0.4, 0.5) is 0 Å². The van der Waals surface area contributed by atoms with Gasteiger partial charge < -0.3 is 0 Å². The number of nitrogens with one attached hydrogen (secondary N) is 1. The van der Waals surface area contributed by atoms with Gasteiger partial charge in [-0.2, -0.15) is 23.5 Å². The van der Waals surface area contributed by atoms with Crippen LogP contribution in [0.3, 0.4) is 0 Å². The second kappa shape index (κ2) is 5.80. The van der Waals surface area contributed by atoms with Gasteiger partial charge in [-0.3, -0.25) is 11.3 Å². The Morgan fingerprint density at radius 3 is 2.87 bits per heavy atom. The van der Waals surface area contributed by atoms with Crippen molar-refractivity contribution < 1.29 is 0 Å². The number of hydrogen-bond acceptors (Lipinski definition) is 5. The third-order valence-electron chi connectivity index (χ3n) is 2.29. The highest BCUT2D eigenvalue weighted by atomic mass is 35.5. The predicted molar refractivity (Wildman–Crippen MR) is 73.0 cm³/mol. The summed E-state index contributed by atoms with van der Waals surface area (Å²) in [6.45, 7) is 0. The van der Waals surface area contributed by atoms with E-state index < -0.39 is 0 Å². The standard InChI is InChI=1S/C9H13ClN2S3/c10-8-2-1-6(15-8)9(12-11)7-5-13-3-4-14-7/h1-2,7,9,12H,3-5,11H2. The molecule has 6 heteroatoms. The molecule has 1 saturated heterocycles. The first-order valence-electron chi connectivity index (χ1n) is 4.72. The molecule has 1 fully saturated rings. The first-order valence-corrected chi connectivity index (χ1v) is 8.12. The van der Waals surface area contributed by atoms with Crippen LogP contribution in [0.2, 0.25) is 4.34 Å². The lowest BCUT2D eigenvalue weighted by atomic mass is 10.2. The molecule has 15 heavy (non-hydrogen) atoms. The van der Waals surface area contributed by atoms with Crippen LogP contribution in [0.15, 0.2) is 12.1 Å². The van der Waals surface area contributed by atoms with Gasteiger partial charge in [0.1, 0.15) is 0 Å². The Balaban J connectivity index is 2.08. The van der Waals surface area contributed by atoms with Crippen LogP contribution in [-0.2, 0) is 0 Å². The zero-order chi connectivity index (χ0) is 10.7. The van der Waals surface area contributed by atoms with E-state index >= 15 is 0 Å². The number of hydrogen-bond donors (Lipinski definition) is 2. The van der Waals surface area contributed by atoms with E-state index in [9.17, 15) is 0 Å². The number of thiophene rings is 1. The molecule has 0 aliphatic carbocycles. The van der Waals surface area contributed by atoms with Crippen LogP contribution in [-0.4, -0.2) is 22.5 Å². The third kappa shape index (κ3) is 3.05. The van der Waals surface area contributed by atoms with Gasteiger partial charge in [0.2, 0.25) is 0 Å². The fourth-order valence-electron chi connectivity index (χ4n) is 1.57. The number of nitrogens with two attached hydrogens (primary N) is 1. The number of halogens is 1. The smallest absolute Gasteiger partial charge is 0.0931 e. The maximum Gasteiger partial charge on any atom is 0.0931 e. The molecule has 0 amide bonds. The van der Waals surface area contributed by atoms with Crippen molar-refractivity contribution in [3.05, 3.63) is 21.3 Å². The first kappa shape index (κ1) is 12.1. The zero-order valence-corrected chi connectivity index (χ0v) is 11.3. The van der Waals surface area contributed by atoms with Crippen LogP contribution in [0.1, 0.15) is 10.9 Å². The minimum absolute atomic E-state index is 0.236. The second-order valence-electron chi connectivity index (χ2n) is 3.27. The van der Waals surface area contributed by atoms with Crippen molar-refractivity contribution in [1.29, 1.82) is 0 Å². The summed E-state index contributed by atoms with van der Waals surface area (Å²) in [5.41, 5.74) is 2.92. The topological polar surface area (TPSA) is 38.0 Å². The maximum absolute atomic E-state index is 5.94. The third-order valence-corrected chi connectivity index (χ3v) is 6.47. The molecule has 0 aromatic carbocycles. The number of rotatable bonds is 3. The van der Waals surface area contributed by atoms with E-state index in [1.54, 1.807) is 11.3 Å². The molecule has 1 aliphatic heterocycles. The molecule has 2 heterocycles. The summed E-state index contributed by atoms with van der Waals surface area (Å²) in [7, 11) is 0. The molecule has 1 aliphatic rings. The molecule has 84 valence electrons. The maximum atomic E-state index is 5.94. The fraction of sp³-hybridized carbons (Fsp3) is 0.556. The van der Waals surface area contributed by atoms with Crippen molar-refractivity contribution in [2.24, 2.45) is 5.84 Å². The lowest BCUT2D eigenvalue weighted by Crippen LogP contribution is -2.37. The Morgan fingerprint density at radius 1 is 1.47 bits per heavy atom. The summed E-state index contributed by atoms with van der Waals surface area (Å²) >= 11 is 11.6. The molecule has 1 aromatic heterocycles. The molecule has 2 unspecified atom stereocenters. The fourth-order valence-corrected chi connectivity index (χ4v) is 5.68. The van der Waals surface area contributed by atoms with Gasteiger partial charge in [0.05, 0.1) is 10.4 Å². The van der Waals surface area contributed by atoms with Crippen molar-refractivity contribution in [3.8, 4) is 0 Å². The Hall–Kier alpha value is 0.610. The molecule has 1 aromatic rings. The molecular formula is C9H13ClN2S3. The molecule has 2 atom stereocenters. The molecule has 3 N–H and O–H groups in total. The van der Waals surface area contributed by atoms with Crippen molar-refractivity contribution in [1.82, 2.24) is 5.43 Å². The summed E-state index contributed by atoms with van der Waals surface area (Å²) in [5, 5.41) is 0.559. The van der Waals surface area contributed by atoms with Gasteiger partial charge in [-0.25, -0.2) is 0 Å². The van der Waals surface area contributed by atoms with Crippen LogP contribution in [0, 0.1) is 0 Å². The Kier molecular flexibility index (Phi) is 4.67. The lowest BCUT2D eigenvalue weighted by Gasteiger charge is -2.28. The van der Waals surface area contributed by atoms with E-state index in [1.807, 2.05) is 29.6 Å². The van der Waals surface area contributed by atoms with E-state index in [0.717, 1.165) is 10.1 Å². The molecule has 2 rings (SSSR count). The van der Waals surface area contributed by atoms with Crippen molar-refractivity contribution in [3.63, 3.8) is 0 Å². The van der Waals surface area contributed by atoms with Crippen LogP contribution in [0.5, 0.6) is 0 Å². The normalized spacial score (nSPS) is 24.0. The highest BCUT2D eigenvalue weighted by Gasteiger charge is 2.26. The summed E-state index contributed by atoms with van der Waals surface area (Å²) in [6.07, 6.45) is 0. The molecule has 0 radical (unpaired) electrons. The van der Waals surface area contributed by atoms with Gasteiger partial charge in [0.25, 0.3) is 0 Å². The van der Waals surface area contributed by atoms with E-state index in [1.165, 1.54) is 16.4 Å². The van der Waals surface area contributed by atoms with Gasteiger partial charge in [0, 0.05) is 27.4 Å². The monoisotopic (exact) mass is 280 g/mol. The summed E-state index contributed by atoms with van der Waals surface area (Å²) in [5.74, 6) is 9.27. The molecular weight excluding hydrogens is 268 g/mol. The zero-order valence-electron chi connectivity index (χ0n) is 8.11. The predicted octanol–water partition coefficient (Wildman–Crippen LogP) is 2.75. The highest BCUT2D eigenvalue weighted by molar-refractivity contribution is 8.06. The average molecular weight is 281 g/mol. The first-order chi connectivity index (χ1) is 7.31. The van der Waals surface area contributed by atoms with Crippen molar-refractivity contribution in [2.75, 3.05) is 17.3 Å². The van der Waals surface area contributed by atoms with Crippen LogP contribution >= 0.6 is 46.5 Å². The van der Waals surface area contributed by atoms with E-state index in [2.05, 4.69) is 11.5 Å². The molecule has 0 bridgehead atoms. The van der Waals surface area contributed by atoms with Gasteiger partial charge in [-0.1, -0.05) is 11.6 Å². The van der Waals surface area contributed by atoms with Crippen molar-refractivity contribution >= 4 is 46.5 Å². The lowest BCUT2D eigenvalue weighted by molar-refractivity contribution is 0.561. The van der Waals surface area contributed by atoms with Gasteiger partial charge in [-0.15, -0.1) is 11.3 Å². The highest BCUT2D eigenvalue weighted by Crippen LogP contribution is 2.36. The van der Waals surface area contributed by atoms with Gasteiger partial charge in [0.15, 0.2) is 0 Å². The molecule has 0 saturated carbocycles. The summed E-state index contributed by atoms with van der Waals surface area (Å²) < 4.78 is 0.832. The van der Waals surface area contributed by atoms with Crippen molar-refractivity contribution in [2.45, 2.75) is 11.3 Å². The van der Waals surface area contributed by atoms with Gasteiger partial charge in [-0.05, 0) is 12.1 Å². The Bertz CT molecular complexity index is 312. The second-order valence-corrected chi connectivity index (χ2v) is 7.51. The van der Waals surface area contributed by atoms with Crippen LogP contribution < -0.4 is 11.3 Å². The number of thioether (sulfide) groups is 2. The molecule has 0 spiro atoms. The summed E-state index contributed by atoms with van der Waals surface area (Å²) in [6, 6.07) is 4.24. The quantitative estimate of drug-likeness (QED) is 0.660.